The molecule has 0 bridgehead atoms. The van der Waals surface area contributed by atoms with Crippen molar-refractivity contribution in [2.24, 2.45) is 10.9 Å². The summed E-state index contributed by atoms with van der Waals surface area (Å²) >= 11 is 11.8. The molecule has 0 aromatic heterocycles. The number of carbonyl (C=O) groups excluding carboxylic acids is 1. The summed E-state index contributed by atoms with van der Waals surface area (Å²) in [6.45, 7) is 1.92. The van der Waals surface area contributed by atoms with Crippen LogP contribution < -0.4 is 0 Å². The average Bonchev–Trinajstić information content (AvgIpc) is 2.29. The van der Waals surface area contributed by atoms with Crippen LogP contribution >= 0.6 is 23.2 Å². The zero-order valence-electron chi connectivity index (χ0n) is 9.06. The van der Waals surface area contributed by atoms with Gasteiger partial charge in [-0.15, -0.1) is 18.0 Å². The van der Waals surface area contributed by atoms with Gasteiger partial charge in [-0.1, -0.05) is 17.5 Å². The van der Waals surface area contributed by atoms with Gasteiger partial charge < -0.3 is 9.84 Å². The van der Waals surface area contributed by atoms with Crippen molar-refractivity contribution in [3.63, 3.8) is 0 Å². The van der Waals surface area contributed by atoms with Crippen LogP contribution in [-0.4, -0.2) is 35.4 Å². The molecule has 0 aromatic rings. The van der Waals surface area contributed by atoms with Gasteiger partial charge >= 0.3 is 5.97 Å². The number of nitrogens with zero attached hydrogens (tertiary/aromatic N) is 1. The first-order chi connectivity index (χ1) is 8.02. The smallest absolute Gasteiger partial charge is 0.316 e. The van der Waals surface area contributed by atoms with Crippen molar-refractivity contribution < 1.29 is 14.6 Å². The minimum absolute atomic E-state index is 0.0102. The van der Waals surface area contributed by atoms with Crippen molar-refractivity contribution in [3.05, 3.63) is 10.7 Å². The predicted molar refractivity (Wildman–Crippen MR) is 66.0 cm³/mol. The first kappa shape index (κ1) is 14.0. The third-order valence-electron chi connectivity index (χ3n) is 2.21. The van der Waals surface area contributed by atoms with E-state index in [9.17, 15) is 9.90 Å². The van der Waals surface area contributed by atoms with E-state index in [2.05, 4.69) is 10.9 Å². The molecule has 0 aromatic carbocycles. The van der Waals surface area contributed by atoms with Gasteiger partial charge in [0.2, 0.25) is 0 Å². The summed E-state index contributed by atoms with van der Waals surface area (Å²) in [4.78, 5) is 15.4. The van der Waals surface area contributed by atoms with Crippen molar-refractivity contribution in [1.82, 2.24) is 0 Å². The lowest BCUT2D eigenvalue weighted by molar-refractivity contribution is -0.145. The number of alkyl halides is 1. The molecule has 0 radical (unpaired) electrons. The van der Waals surface area contributed by atoms with E-state index >= 15 is 0 Å². The second kappa shape index (κ2) is 6.06. The Balaban J connectivity index is 2.97. The van der Waals surface area contributed by atoms with Crippen LogP contribution in [0.25, 0.3) is 0 Å². The molecule has 0 amide bonds. The first-order valence-corrected chi connectivity index (χ1v) is 5.73. The highest BCUT2D eigenvalue weighted by molar-refractivity contribution is 6.33. The summed E-state index contributed by atoms with van der Waals surface area (Å²) < 4.78 is 4.84. The number of ether oxygens (including phenoxy) is 1. The van der Waals surface area contributed by atoms with Crippen LogP contribution in [0.1, 0.15) is 6.92 Å². The second-order valence-electron chi connectivity index (χ2n) is 3.27. The Morgan fingerprint density at radius 1 is 1.82 bits per heavy atom. The van der Waals surface area contributed by atoms with E-state index in [4.69, 9.17) is 34.4 Å². The maximum Gasteiger partial charge on any atom is 0.316 e. The number of aliphatic imine (C=N–C) groups is 1. The zero-order valence-corrected chi connectivity index (χ0v) is 10.6. The quantitative estimate of drug-likeness (QED) is 0.366. The highest BCUT2D eigenvalue weighted by Crippen LogP contribution is 2.31. The number of terminal acetylenes is 1. The number of hydrogen-bond acceptors (Lipinski definition) is 4. The SMILES string of the molecule is C#CC(O)C1=C(Cl)N=CC(C(=O)OCC)C1Cl. The van der Waals surface area contributed by atoms with Crippen molar-refractivity contribution in [2.75, 3.05) is 6.61 Å². The van der Waals surface area contributed by atoms with Gasteiger partial charge in [-0.3, -0.25) is 4.79 Å². The first-order valence-electron chi connectivity index (χ1n) is 4.91. The number of hydrogen-bond donors (Lipinski definition) is 1. The van der Waals surface area contributed by atoms with Crippen LogP contribution in [0.15, 0.2) is 15.7 Å². The lowest BCUT2D eigenvalue weighted by Crippen LogP contribution is -2.35. The fraction of sp³-hybridized carbons (Fsp3) is 0.455. The third-order valence-corrected chi connectivity index (χ3v) is 3.03. The normalized spacial score (nSPS) is 25.4. The molecule has 1 rings (SSSR count). The molecule has 1 aliphatic heterocycles. The van der Waals surface area contributed by atoms with Crippen molar-refractivity contribution in [2.45, 2.75) is 18.4 Å². The Bertz CT molecular complexity index is 411. The molecular formula is C11H11Cl2NO3. The molecule has 3 unspecified atom stereocenters. The zero-order chi connectivity index (χ0) is 13.0. The molecule has 1 N–H and O–H groups in total. The Kier molecular flexibility index (Phi) is 5.01. The standard InChI is InChI=1S/C11H11Cl2NO3/c1-3-7(15)8-9(12)6(5-14-10(8)13)11(16)17-4-2/h1,5-7,9,15H,4H2,2H3. The van der Waals surface area contributed by atoms with Gasteiger partial charge in [0, 0.05) is 11.8 Å². The molecule has 92 valence electrons. The summed E-state index contributed by atoms with van der Waals surface area (Å²) in [5, 5.41) is 8.72. The molecule has 4 nitrogen and oxygen atoms in total. The molecule has 0 aliphatic carbocycles. The van der Waals surface area contributed by atoms with Crippen molar-refractivity contribution in [1.29, 1.82) is 0 Å². The number of halogens is 2. The minimum Gasteiger partial charge on any atom is -0.465 e. The van der Waals surface area contributed by atoms with E-state index in [0.29, 0.717) is 0 Å². The number of rotatable bonds is 3. The van der Waals surface area contributed by atoms with Gasteiger partial charge in [0.05, 0.1) is 12.0 Å². The molecule has 17 heavy (non-hydrogen) atoms. The predicted octanol–water partition coefficient (Wildman–Crippen LogP) is 1.30. The maximum atomic E-state index is 11.6. The summed E-state index contributed by atoms with van der Waals surface area (Å²) in [6.07, 6.45) is 5.12. The molecule has 0 spiro atoms. The second-order valence-corrected chi connectivity index (χ2v) is 4.10. The Morgan fingerprint density at radius 2 is 2.47 bits per heavy atom. The van der Waals surface area contributed by atoms with Gasteiger partial charge in [-0.25, -0.2) is 4.99 Å². The minimum atomic E-state index is -1.26. The maximum absolute atomic E-state index is 11.6. The third kappa shape index (κ3) is 3.01. The van der Waals surface area contributed by atoms with E-state index in [1.807, 2.05) is 0 Å². The molecule has 6 heteroatoms. The number of aliphatic hydroxyl groups is 1. The van der Waals surface area contributed by atoms with E-state index in [-0.39, 0.29) is 17.3 Å². The van der Waals surface area contributed by atoms with Crippen molar-refractivity contribution >= 4 is 35.4 Å². The Morgan fingerprint density at radius 3 is 3.00 bits per heavy atom. The number of aliphatic hydroxyl groups excluding tert-OH is 1. The largest absolute Gasteiger partial charge is 0.465 e. The van der Waals surface area contributed by atoms with Gasteiger partial charge in [0.15, 0.2) is 0 Å². The fourth-order valence-electron chi connectivity index (χ4n) is 1.38. The van der Waals surface area contributed by atoms with Gasteiger partial charge in [0.1, 0.15) is 17.2 Å². The van der Waals surface area contributed by atoms with Crippen LogP contribution in [0.3, 0.4) is 0 Å². The summed E-state index contributed by atoms with van der Waals surface area (Å²) in [6, 6.07) is 0. The topological polar surface area (TPSA) is 58.9 Å². The Hall–Kier alpha value is -1.02. The average molecular weight is 276 g/mol. The Labute approximate surface area is 109 Å². The highest BCUT2D eigenvalue weighted by atomic mass is 35.5. The van der Waals surface area contributed by atoms with E-state index in [0.717, 1.165) is 0 Å². The summed E-state index contributed by atoms with van der Waals surface area (Å²) in [5.41, 5.74) is 0.149. The molecule has 0 fully saturated rings. The highest BCUT2D eigenvalue weighted by Gasteiger charge is 2.36. The lowest BCUT2D eigenvalue weighted by Gasteiger charge is -2.24. The van der Waals surface area contributed by atoms with Crippen LogP contribution in [0, 0.1) is 18.3 Å². The van der Waals surface area contributed by atoms with Crippen LogP contribution in [-0.2, 0) is 9.53 Å². The monoisotopic (exact) mass is 275 g/mol. The van der Waals surface area contributed by atoms with Crippen LogP contribution in [0.5, 0.6) is 0 Å². The van der Waals surface area contributed by atoms with E-state index in [1.165, 1.54) is 6.21 Å². The molecule has 1 aliphatic rings. The van der Waals surface area contributed by atoms with Crippen molar-refractivity contribution in [3.8, 4) is 12.3 Å². The molecule has 1 heterocycles. The molecule has 0 saturated heterocycles. The number of carbonyl (C=O) groups is 1. The van der Waals surface area contributed by atoms with Crippen LogP contribution in [0.4, 0.5) is 0 Å². The summed E-state index contributed by atoms with van der Waals surface area (Å²) in [7, 11) is 0. The van der Waals surface area contributed by atoms with Gasteiger partial charge in [-0.2, -0.15) is 0 Å². The molecular weight excluding hydrogens is 265 g/mol. The van der Waals surface area contributed by atoms with E-state index < -0.39 is 23.4 Å². The van der Waals surface area contributed by atoms with Gasteiger partial charge in [-0.05, 0) is 6.92 Å². The van der Waals surface area contributed by atoms with E-state index in [1.54, 1.807) is 6.92 Å². The summed E-state index contributed by atoms with van der Waals surface area (Å²) in [5.74, 6) is 0.770. The van der Waals surface area contributed by atoms with Gasteiger partial charge in [0.25, 0.3) is 0 Å². The molecule has 0 saturated carbocycles. The van der Waals surface area contributed by atoms with Crippen LogP contribution in [0.2, 0.25) is 0 Å². The lowest BCUT2D eigenvalue weighted by atomic mass is 9.95. The number of esters is 1. The fourth-order valence-corrected chi connectivity index (χ4v) is 2.10. The molecule has 3 atom stereocenters.